The summed E-state index contributed by atoms with van der Waals surface area (Å²) in [6.07, 6.45) is -0.357. The first-order valence-electron chi connectivity index (χ1n) is 5.04. The molecule has 0 aromatic rings. The van der Waals surface area contributed by atoms with E-state index in [0.29, 0.717) is 18.4 Å². The molecule has 5 nitrogen and oxygen atoms in total. The molecule has 6 N–H and O–H groups in total. The number of hydrazine groups is 1. The smallest absolute Gasteiger partial charge is 0.0740 e. The lowest BCUT2D eigenvalue weighted by Crippen LogP contribution is -2.46. The molecule has 0 radical (unpaired) electrons. The van der Waals surface area contributed by atoms with Crippen molar-refractivity contribution in [2.24, 2.45) is 34.9 Å². The summed E-state index contributed by atoms with van der Waals surface area (Å²) in [6.45, 7) is 4.79. The van der Waals surface area contributed by atoms with E-state index in [4.69, 9.17) is 16.6 Å². The van der Waals surface area contributed by atoms with Gasteiger partial charge in [-0.2, -0.15) is 0 Å². The van der Waals surface area contributed by atoms with Crippen LogP contribution in [0.15, 0.2) is 0 Å². The van der Waals surface area contributed by atoms with Gasteiger partial charge in [0.05, 0.1) is 18.8 Å². The number of nitrogens with one attached hydrogen (secondary N) is 1. The predicted octanol–water partition coefficient (Wildman–Crippen LogP) is -1.03. The summed E-state index contributed by atoms with van der Waals surface area (Å²) in [4.78, 5) is 4.69. The highest BCUT2D eigenvalue weighted by molar-refractivity contribution is 5.22. The number of hydrogen-bond donors (Lipinski definition) is 4. The molecule has 0 aromatic carbocycles. The molecule has 2 aliphatic rings. The minimum atomic E-state index is -0.357. The Morgan fingerprint density at radius 3 is 2.71 bits per heavy atom. The number of rotatable bonds is 3. The van der Waals surface area contributed by atoms with E-state index in [2.05, 4.69) is 19.3 Å². The van der Waals surface area contributed by atoms with Crippen LogP contribution < -0.4 is 17.2 Å². The standard InChI is InChI=1S/C9H19N3O2/c1-4-8(13)7(12-10)6-5(3-14-11)9(4,6)2/h4-8,12-13H,3,10-11H2,1-2H3/t4?,5?,6?,7?,8-,9?/m1/s1. The zero-order valence-corrected chi connectivity index (χ0v) is 8.60. The van der Waals surface area contributed by atoms with Crippen molar-refractivity contribution < 1.29 is 9.94 Å². The Bertz CT molecular complexity index is 238. The topological polar surface area (TPSA) is 93.5 Å². The van der Waals surface area contributed by atoms with E-state index in [9.17, 15) is 5.11 Å². The third-order valence-electron chi connectivity index (χ3n) is 4.56. The summed E-state index contributed by atoms with van der Waals surface area (Å²) in [5.74, 6) is 11.6. The fraction of sp³-hybridized carbons (Fsp3) is 1.00. The molecule has 0 heterocycles. The molecule has 2 saturated carbocycles. The number of nitrogens with two attached hydrogens (primary N) is 2. The van der Waals surface area contributed by atoms with Crippen molar-refractivity contribution in [3.8, 4) is 0 Å². The number of aliphatic hydroxyl groups is 1. The molecule has 2 rings (SSSR count). The maximum atomic E-state index is 9.89. The Morgan fingerprint density at radius 2 is 2.21 bits per heavy atom. The maximum absolute atomic E-state index is 9.89. The summed E-state index contributed by atoms with van der Waals surface area (Å²) in [7, 11) is 0. The van der Waals surface area contributed by atoms with E-state index in [-0.39, 0.29) is 23.5 Å². The summed E-state index contributed by atoms with van der Waals surface area (Å²) in [6, 6.07) is -0.0184. The first-order chi connectivity index (χ1) is 6.58. The Morgan fingerprint density at radius 1 is 1.57 bits per heavy atom. The van der Waals surface area contributed by atoms with E-state index in [1.54, 1.807) is 0 Å². The third kappa shape index (κ3) is 1.02. The summed E-state index contributed by atoms with van der Waals surface area (Å²) in [5.41, 5.74) is 2.84. The maximum Gasteiger partial charge on any atom is 0.0740 e. The Kier molecular flexibility index (Phi) is 2.32. The van der Waals surface area contributed by atoms with E-state index in [1.807, 2.05) is 0 Å². The minimum Gasteiger partial charge on any atom is -0.391 e. The number of hydrogen-bond acceptors (Lipinski definition) is 5. The molecule has 0 amide bonds. The molecule has 6 atom stereocenters. The lowest BCUT2D eigenvalue weighted by molar-refractivity contribution is 0.0471. The van der Waals surface area contributed by atoms with Gasteiger partial charge in [-0.05, 0) is 23.2 Å². The molecule has 5 heteroatoms. The molecule has 0 aromatic heterocycles. The van der Waals surface area contributed by atoms with Gasteiger partial charge in [0.1, 0.15) is 0 Å². The van der Waals surface area contributed by atoms with Gasteiger partial charge in [0.15, 0.2) is 0 Å². The van der Waals surface area contributed by atoms with Gasteiger partial charge in [0.2, 0.25) is 0 Å². The van der Waals surface area contributed by atoms with Gasteiger partial charge in [-0.15, -0.1) is 0 Å². The van der Waals surface area contributed by atoms with Crippen LogP contribution in [0.3, 0.4) is 0 Å². The first kappa shape index (κ1) is 10.3. The molecule has 0 spiro atoms. The van der Waals surface area contributed by atoms with Crippen LogP contribution in [0, 0.1) is 23.2 Å². The molecule has 0 bridgehead atoms. The van der Waals surface area contributed by atoms with Gasteiger partial charge in [-0.25, -0.2) is 5.90 Å². The van der Waals surface area contributed by atoms with Crippen molar-refractivity contribution in [3.05, 3.63) is 0 Å². The number of aliphatic hydroxyl groups excluding tert-OH is 1. The van der Waals surface area contributed by atoms with Crippen molar-refractivity contribution in [2.45, 2.75) is 26.0 Å². The zero-order valence-electron chi connectivity index (χ0n) is 8.60. The van der Waals surface area contributed by atoms with E-state index >= 15 is 0 Å². The van der Waals surface area contributed by atoms with Crippen molar-refractivity contribution in [2.75, 3.05) is 6.61 Å². The molecule has 5 unspecified atom stereocenters. The summed E-state index contributed by atoms with van der Waals surface area (Å²) >= 11 is 0. The van der Waals surface area contributed by atoms with Crippen LogP contribution in [0.2, 0.25) is 0 Å². The molecular weight excluding hydrogens is 182 g/mol. The van der Waals surface area contributed by atoms with Crippen molar-refractivity contribution >= 4 is 0 Å². The zero-order chi connectivity index (χ0) is 10.5. The van der Waals surface area contributed by atoms with Crippen LogP contribution in [0.25, 0.3) is 0 Å². The van der Waals surface area contributed by atoms with Crippen LogP contribution in [0.5, 0.6) is 0 Å². The quantitative estimate of drug-likeness (QED) is 0.346. The lowest BCUT2D eigenvalue weighted by atomic mass is 9.88. The molecule has 0 saturated heterocycles. The highest BCUT2D eigenvalue weighted by Gasteiger charge is 2.73. The Labute approximate surface area is 83.7 Å². The van der Waals surface area contributed by atoms with E-state index in [1.165, 1.54) is 0 Å². The second-order valence-electron chi connectivity index (χ2n) is 4.80. The van der Waals surface area contributed by atoms with Gasteiger partial charge in [-0.3, -0.25) is 11.3 Å². The average molecular weight is 201 g/mol. The number of fused-ring (bicyclic) bond motifs is 1. The van der Waals surface area contributed by atoms with Crippen LogP contribution in [-0.4, -0.2) is 23.9 Å². The molecule has 2 fully saturated rings. The van der Waals surface area contributed by atoms with Gasteiger partial charge < -0.3 is 9.94 Å². The second-order valence-corrected chi connectivity index (χ2v) is 4.80. The summed E-state index contributed by atoms with van der Waals surface area (Å²) < 4.78 is 0. The van der Waals surface area contributed by atoms with Gasteiger partial charge in [0.25, 0.3) is 0 Å². The SMILES string of the molecule is CC1[C@@H](O)C(NN)C2C(CON)C21C. The third-order valence-corrected chi connectivity index (χ3v) is 4.56. The van der Waals surface area contributed by atoms with Crippen molar-refractivity contribution in [3.63, 3.8) is 0 Å². The van der Waals surface area contributed by atoms with Crippen LogP contribution in [-0.2, 0) is 4.84 Å². The molecule has 2 aliphatic carbocycles. The fourth-order valence-corrected chi connectivity index (χ4v) is 3.42. The summed E-state index contributed by atoms with van der Waals surface area (Å²) in [5, 5.41) is 9.89. The van der Waals surface area contributed by atoms with Crippen LogP contribution in [0.1, 0.15) is 13.8 Å². The highest BCUT2D eigenvalue weighted by Crippen LogP contribution is 2.70. The molecule has 14 heavy (non-hydrogen) atoms. The molecular formula is C9H19N3O2. The Balaban J connectivity index is 2.14. The first-order valence-corrected chi connectivity index (χ1v) is 5.04. The largest absolute Gasteiger partial charge is 0.391 e. The second kappa shape index (κ2) is 3.15. The van der Waals surface area contributed by atoms with Gasteiger partial charge in [0, 0.05) is 0 Å². The van der Waals surface area contributed by atoms with Gasteiger partial charge >= 0.3 is 0 Å². The van der Waals surface area contributed by atoms with E-state index < -0.39 is 0 Å². The average Bonchev–Trinajstić information content (AvgIpc) is 2.68. The van der Waals surface area contributed by atoms with Crippen molar-refractivity contribution in [1.82, 2.24) is 5.43 Å². The lowest BCUT2D eigenvalue weighted by Gasteiger charge is -2.25. The highest BCUT2D eigenvalue weighted by atomic mass is 16.6. The predicted molar refractivity (Wildman–Crippen MR) is 51.5 cm³/mol. The van der Waals surface area contributed by atoms with Gasteiger partial charge in [-0.1, -0.05) is 13.8 Å². The van der Waals surface area contributed by atoms with Crippen LogP contribution >= 0.6 is 0 Å². The van der Waals surface area contributed by atoms with Crippen LogP contribution in [0.4, 0.5) is 0 Å². The minimum absolute atomic E-state index is 0.0184. The molecule has 0 aliphatic heterocycles. The van der Waals surface area contributed by atoms with E-state index in [0.717, 1.165) is 0 Å². The fourth-order valence-electron chi connectivity index (χ4n) is 3.42. The monoisotopic (exact) mass is 201 g/mol. The molecule has 82 valence electrons. The Hall–Kier alpha value is -0.200. The normalized spacial score (nSPS) is 55.9. The van der Waals surface area contributed by atoms with Crippen molar-refractivity contribution in [1.29, 1.82) is 0 Å².